The van der Waals surface area contributed by atoms with Crippen LogP contribution in [0.15, 0.2) is 48.5 Å². The Bertz CT molecular complexity index is 1040. The Morgan fingerprint density at radius 3 is 2.67 bits per heavy atom. The SMILES string of the molecule is CC(=O)CCCCN1c2ccccc2C(C)(C)C12C=Cc1cc([N+](=O)[O-])ccc1O2. The van der Waals surface area contributed by atoms with Gasteiger partial charge in [0.05, 0.1) is 10.3 Å². The largest absolute Gasteiger partial charge is 0.463 e. The van der Waals surface area contributed by atoms with Crippen molar-refractivity contribution in [3.63, 3.8) is 0 Å². The van der Waals surface area contributed by atoms with Crippen molar-refractivity contribution in [2.75, 3.05) is 11.4 Å². The van der Waals surface area contributed by atoms with Gasteiger partial charge in [-0.15, -0.1) is 0 Å². The summed E-state index contributed by atoms with van der Waals surface area (Å²) in [5, 5.41) is 11.1. The van der Waals surface area contributed by atoms with Crippen LogP contribution in [-0.2, 0) is 10.2 Å². The molecule has 0 bridgehead atoms. The van der Waals surface area contributed by atoms with E-state index in [0.717, 1.165) is 25.1 Å². The number of unbranched alkanes of at least 4 members (excludes halogenated alkanes) is 1. The number of Topliss-reactive ketones (excluding diaryl/α,β-unsaturated/α-hetero) is 1. The molecule has 0 aromatic heterocycles. The second kappa shape index (κ2) is 7.27. The maximum atomic E-state index is 11.4. The first-order valence-electron chi connectivity index (χ1n) is 10.3. The molecule has 1 spiro atoms. The van der Waals surface area contributed by atoms with Crippen LogP contribution < -0.4 is 9.64 Å². The summed E-state index contributed by atoms with van der Waals surface area (Å²) in [5.74, 6) is 0.842. The normalized spacial score (nSPS) is 20.6. The predicted molar refractivity (Wildman–Crippen MR) is 117 cm³/mol. The molecule has 30 heavy (non-hydrogen) atoms. The molecule has 2 aromatic rings. The third kappa shape index (κ3) is 3.07. The van der Waals surface area contributed by atoms with Crippen molar-refractivity contribution in [1.82, 2.24) is 0 Å². The smallest absolute Gasteiger partial charge is 0.270 e. The van der Waals surface area contributed by atoms with Gasteiger partial charge in [0.25, 0.3) is 5.69 Å². The molecule has 1 atom stereocenters. The molecule has 0 radical (unpaired) electrons. The minimum atomic E-state index is -0.740. The zero-order chi connectivity index (χ0) is 21.5. The summed E-state index contributed by atoms with van der Waals surface area (Å²) >= 11 is 0. The highest BCUT2D eigenvalue weighted by atomic mass is 16.6. The van der Waals surface area contributed by atoms with E-state index in [1.165, 1.54) is 11.6 Å². The Morgan fingerprint density at radius 1 is 1.17 bits per heavy atom. The molecule has 6 nitrogen and oxygen atoms in total. The molecule has 2 heterocycles. The van der Waals surface area contributed by atoms with Gasteiger partial charge < -0.3 is 14.4 Å². The van der Waals surface area contributed by atoms with Gasteiger partial charge in [0.2, 0.25) is 5.72 Å². The summed E-state index contributed by atoms with van der Waals surface area (Å²) < 4.78 is 6.65. The van der Waals surface area contributed by atoms with E-state index in [-0.39, 0.29) is 16.9 Å². The van der Waals surface area contributed by atoms with Gasteiger partial charge in [0.15, 0.2) is 0 Å². The van der Waals surface area contributed by atoms with E-state index in [1.807, 2.05) is 24.3 Å². The van der Waals surface area contributed by atoms with Crippen LogP contribution in [0.25, 0.3) is 6.08 Å². The summed E-state index contributed by atoms with van der Waals surface area (Å²) in [6, 6.07) is 13.0. The number of hydrogen-bond donors (Lipinski definition) is 0. The van der Waals surface area contributed by atoms with E-state index < -0.39 is 10.6 Å². The number of nitro groups is 1. The lowest BCUT2D eigenvalue weighted by atomic mass is 9.76. The fourth-order valence-electron chi connectivity index (χ4n) is 4.64. The molecule has 0 amide bonds. The summed E-state index contributed by atoms with van der Waals surface area (Å²) in [4.78, 5) is 24.4. The van der Waals surface area contributed by atoms with Gasteiger partial charge >= 0.3 is 0 Å². The average Bonchev–Trinajstić information content (AvgIpc) is 2.89. The number of non-ortho nitro benzene ring substituents is 1. The van der Waals surface area contributed by atoms with Gasteiger partial charge in [0.1, 0.15) is 11.5 Å². The van der Waals surface area contributed by atoms with Crippen molar-refractivity contribution in [3.05, 3.63) is 69.8 Å². The molecule has 156 valence electrons. The number of nitrogens with zero attached hydrogens (tertiary/aromatic N) is 2. The van der Waals surface area contributed by atoms with Crippen molar-refractivity contribution in [1.29, 1.82) is 0 Å². The number of anilines is 1. The van der Waals surface area contributed by atoms with Crippen LogP contribution in [0.4, 0.5) is 11.4 Å². The molecule has 1 unspecified atom stereocenters. The van der Waals surface area contributed by atoms with Crippen molar-refractivity contribution >= 4 is 23.2 Å². The first kappa shape index (κ1) is 20.1. The number of rotatable bonds is 6. The third-order valence-corrected chi connectivity index (χ3v) is 6.28. The van der Waals surface area contributed by atoms with Crippen LogP contribution in [0, 0.1) is 10.1 Å². The number of carbonyl (C=O) groups excluding carboxylic acids is 1. The number of ketones is 1. The minimum Gasteiger partial charge on any atom is -0.463 e. The quantitative estimate of drug-likeness (QED) is 0.372. The lowest BCUT2D eigenvalue weighted by Crippen LogP contribution is -2.59. The summed E-state index contributed by atoms with van der Waals surface area (Å²) in [6.07, 6.45) is 6.24. The highest BCUT2D eigenvalue weighted by Crippen LogP contribution is 2.55. The number of nitro benzene ring substituents is 1. The van der Waals surface area contributed by atoms with Crippen LogP contribution in [0.2, 0.25) is 0 Å². The average molecular weight is 406 g/mol. The fourth-order valence-corrected chi connectivity index (χ4v) is 4.64. The van der Waals surface area contributed by atoms with Gasteiger partial charge in [-0.3, -0.25) is 10.1 Å². The van der Waals surface area contributed by atoms with E-state index in [2.05, 4.69) is 30.9 Å². The lowest BCUT2D eigenvalue weighted by Gasteiger charge is -2.47. The van der Waals surface area contributed by atoms with Crippen molar-refractivity contribution < 1.29 is 14.5 Å². The van der Waals surface area contributed by atoms with Gasteiger partial charge in [0, 0.05) is 36.3 Å². The van der Waals surface area contributed by atoms with Gasteiger partial charge in [-0.25, -0.2) is 0 Å². The van der Waals surface area contributed by atoms with E-state index in [4.69, 9.17) is 4.74 Å². The maximum absolute atomic E-state index is 11.4. The molecule has 0 saturated carbocycles. The Kier molecular flexibility index (Phi) is 4.88. The van der Waals surface area contributed by atoms with Crippen LogP contribution in [0.1, 0.15) is 51.2 Å². The third-order valence-electron chi connectivity index (χ3n) is 6.28. The molecule has 2 aromatic carbocycles. The molecule has 0 fully saturated rings. The maximum Gasteiger partial charge on any atom is 0.270 e. The minimum absolute atomic E-state index is 0.0491. The molecule has 4 rings (SSSR count). The topological polar surface area (TPSA) is 72.7 Å². The monoisotopic (exact) mass is 406 g/mol. The standard InChI is InChI=1S/C24H26N2O4/c1-17(27)8-6-7-15-25-21-10-5-4-9-20(21)23(2,3)24(25)14-13-18-16-19(26(28)29)11-12-22(18)30-24/h4-5,9-14,16H,6-8,15H2,1-3H3. The molecule has 2 aliphatic heterocycles. The number of benzene rings is 2. The van der Waals surface area contributed by atoms with Crippen LogP contribution in [-0.4, -0.2) is 23.0 Å². The molecule has 6 heteroatoms. The van der Waals surface area contributed by atoms with Crippen molar-refractivity contribution in [2.45, 2.75) is 51.2 Å². The number of fused-ring (bicyclic) bond motifs is 2. The van der Waals surface area contributed by atoms with Crippen LogP contribution in [0.5, 0.6) is 5.75 Å². The fraction of sp³-hybridized carbons (Fsp3) is 0.375. The molecular formula is C24H26N2O4. The van der Waals surface area contributed by atoms with Crippen LogP contribution >= 0.6 is 0 Å². The molecule has 0 saturated heterocycles. The molecule has 2 aliphatic rings. The first-order valence-corrected chi connectivity index (χ1v) is 10.3. The second-order valence-electron chi connectivity index (χ2n) is 8.56. The van der Waals surface area contributed by atoms with E-state index in [1.54, 1.807) is 19.1 Å². The summed E-state index contributed by atoms with van der Waals surface area (Å²) in [6.45, 7) is 6.71. The number of para-hydroxylation sites is 1. The first-order chi connectivity index (χ1) is 14.3. The Labute approximate surface area is 176 Å². The highest BCUT2D eigenvalue weighted by Gasteiger charge is 2.58. The van der Waals surface area contributed by atoms with Gasteiger partial charge in [-0.1, -0.05) is 18.2 Å². The summed E-state index contributed by atoms with van der Waals surface area (Å²) in [7, 11) is 0. The lowest BCUT2D eigenvalue weighted by molar-refractivity contribution is -0.384. The predicted octanol–water partition coefficient (Wildman–Crippen LogP) is 5.25. The van der Waals surface area contributed by atoms with Crippen molar-refractivity contribution in [2.24, 2.45) is 0 Å². The summed E-state index contributed by atoms with van der Waals surface area (Å²) in [5.41, 5.74) is 1.99. The van der Waals surface area contributed by atoms with Crippen LogP contribution in [0.3, 0.4) is 0 Å². The molecular weight excluding hydrogens is 380 g/mol. The van der Waals surface area contributed by atoms with Gasteiger partial charge in [-0.05, 0) is 63.5 Å². The Morgan fingerprint density at radius 2 is 1.93 bits per heavy atom. The van der Waals surface area contributed by atoms with E-state index in [0.29, 0.717) is 17.7 Å². The zero-order valence-electron chi connectivity index (χ0n) is 17.6. The van der Waals surface area contributed by atoms with E-state index in [9.17, 15) is 14.9 Å². The number of hydrogen-bond acceptors (Lipinski definition) is 5. The second-order valence-corrected chi connectivity index (χ2v) is 8.56. The number of carbonyl (C=O) groups is 1. The zero-order valence-corrected chi connectivity index (χ0v) is 17.6. The number of ether oxygens (including phenoxy) is 1. The molecule has 0 aliphatic carbocycles. The Balaban J connectivity index is 1.73. The molecule has 0 N–H and O–H groups in total. The van der Waals surface area contributed by atoms with Crippen molar-refractivity contribution in [3.8, 4) is 5.75 Å². The highest BCUT2D eigenvalue weighted by molar-refractivity contribution is 5.75. The van der Waals surface area contributed by atoms with E-state index >= 15 is 0 Å². The van der Waals surface area contributed by atoms with Gasteiger partial charge in [-0.2, -0.15) is 0 Å². The Hall–Kier alpha value is -3.15.